The van der Waals surface area contributed by atoms with Crippen LogP contribution in [0.25, 0.3) is 0 Å². The maximum Gasteiger partial charge on any atom is 0.407 e. The monoisotopic (exact) mass is 338 g/mol. The summed E-state index contributed by atoms with van der Waals surface area (Å²) < 4.78 is 6.80. The molecule has 0 aliphatic carbocycles. The Balaban J connectivity index is 2.79. The van der Waals surface area contributed by atoms with E-state index < -0.39 is 17.2 Å². The number of amides is 2. The molecule has 1 atom stereocenters. The van der Waals surface area contributed by atoms with Crippen LogP contribution in [-0.2, 0) is 11.8 Å². The lowest BCUT2D eigenvalue weighted by Gasteiger charge is -2.35. The number of aromatic nitrogens is 2. The number of carbonyl (C=O) groups is 2. The minimum absolute atomic E-state index is 0.103. The van der Waals surface area contributed by atoms with Crippen LogP contribution in [0.5, 0.6) is 0 Å². The van der Waals surface area contributed by atoms with Crippen LogP contribution in [0.15, 0.2) is 6.07 Å². The van der Waals surface area contributed by atoms with E-state index in [1.165, 1.54) is 0 Å². The maximum absolute atomic E-state index is 12.6. The molecule has 1 aromatic rings. The average Bonchev–Trinajstić information content (AvgIpc) is 2.73. The number of nitrogens with zero attached hydrogens (tertiary/aromatic N) is 2. The van der Waals surface area contributed by atoms with Crippen molar-refractivity contribution in [3.8, 4) is 0 Å². The molecule has 0 spiro atoms. The standard InChI is InChI=1S/C17H30N4O3/c1-11(2)17(7,10-18-15(23)24-16(4,5)6)19-14(22)13-9-12(3)20-21(13)8/h9,11H,10H2,1-8H3,(H,18,23)(H,19,22)/t17-/m0/s1. The molecule has 7 nitrogen and oxygen atoms in total. The van der Waals surface area contributed by atoms with E-state index in [-0.39, 0.29) is 18.4 Å². The van der Waals surface area contributed by atoms with Crippen molar-refractivity contribution < 1.29 is 14.3 Å². The summed E-state index contributed by atoms with van der Waals surface area (Å²) in [6.07, 6.45) is -0.500. The molecule has 7 heteroatoms. The van der Waals surface area contributed by atoms with Gasteiger partial charge >= 0.3 is 6.09 Å². The third-order valence-electron chi connectivity index (χ3n) is 3.91. The van der Waals surface area contributed by atoms with Gasteiger partial charge in [0.2, 0.25) is 0 Å². The third-order valence-corrected chi connectivity index (χ3v) is 3.91. The molecule has 0 fully saturated rings. The minimum atomic E-state index is -0.619. The van der Waals surface area contributed by atoms with Crippen LogP contribution < -0.4 is 10.6 Å². The molecule has 0 saturated carbocycles. The van der Waals surface area contributed by atoms with Crippen LogP contribution in [0, 0.1) is 12.8 Å². The van der Waals surface area contributed by atoms with E-state index in [4.69, 9.17) is 4.74 Å². The third kappa shape index (κ3) is 5.54. The van der Waals surface area contributed by atoms with Gasteiger partial charge in [-0.15, -0.1) is 0 Å². The molecule has 0 saturated heterocycles. The van der Waals surface area contributed by atoms with Gasteiger partial charge in [-0.1, -0.05) is 13.8 Å². The summed E-state index contributed by atoms with van der Waals surface area (Å²) in [7, 11) is 1.73. The Morgan fingerprint density at radius 1 is 1.29 bits per heavy atom. The van der Waals surface area contributed by atoms with E-state index in [2.05, 4.69) is 15.7 Å². The molecular formula is C17H30N4O3. The molecule has 0 radical (unpaired) electrons. The highest BCUT2D eigenvalue weighted by Crippen LogP contribution is 2.17. The lowest BCUT2D eigenvalue weighted by atomic mass is 9.88. The van der Waals surface area contributed by atoms with Crippen LogP contribution in [0.3, 0.4) is 0 Å². The number of nitrogens with one attached hydrogen (secondary N) is 2. The minimum Gasteiger partial charge on any atom is -0.444 e. The largest absolute Gasteiger partial charge is 0.444 e. The summed E-state index contributed by atoms with van der Waals surface area (Å²) in [5.74, 6) is -0.119. The van der Waals surface area contributed by atoms with E-state index in [0.29, 0.717) is 5.69 Å². The van der Waals surface area contributed by atoms with E-state index in [9.17, 15) is 9.59 Å². The molecule has 2 amide bonds. The van der Waals surface area contributed by atoms with E-state index in [1.807, 2.05) is 27.7 Å². The van der Waals surface area contributed by atoms with E-state index in [0.717, 1.165) is 5.69 Å². The van der Waals surface area contributed by atoms with Gasteiger partial charge in [0, 0.05) is 13.6 Å². The Kier molecular flexibility index (Phi) is 6.03. The number of ether oxygens (including phenoxy) is 1. The van der Waals surface area contributed by atoms with Crippen molar-refractivity contribution in [2.24, 2.45) is 13.0 Å². The summed E-state index contributed by atoms with van der Waals surface area (Å²) in [4.78, 5) is 24.4. The van der Waals surface area contributed by atoms with Crippen molar-refractivity contribution in [3.05, 3.63) is 17.5 Å². The van der Waals surface area contributed by atoms with Crippen molar-refractivity contribution >= 4 is 12.0 Å². The van der Waals surface area contributed by atoms with Gasteiger partial charge in [0.25, 0.3) is 5.91 Å². The summed E-state index contributed by atoms with van der Waals surface area (Å²) in [6.45, 7) is 13.4. The first kappa shape index (κ1) is 20.0. The molecule has 1 aromatic heterocycles. The fourth-order valence-corrected chi connectivity index (χ4v) is 2.11. The molecule has 0 unspecified atom stereocenters. The maximum atomic E-state index is 12.6. The van der Waals surface area contributed by atoms with Crippen molar-refractivity contribution in [1.29, 1.82) is 0 Å². The van der Waals surface area contributed by atoms with Gasteiger partial charge in [0.1, 0.15) is 11.3 Å². The predicted molar refractivity (Wildman–Crippen MR) is 92.9 cm³/mol. The van der Waals surface area contributed by atoms with Gasteiger partial charge in [0.05, 0.1) is 11.2 Å². The Labute approximate surface area is 144 Å². The van der Waals surface area contributed by atoms with Gasteiger partial charge in [-0.3, -0.25) is 9.48 Å². The van der Waals surface area contributed by atoms with Crippen LogP contribution in [0.2, 0.25) is 0 Å². The first-order valence-corrected chi connectivity index (χ1v) is 8.14. The SMILES string of the molecule is Cc1cc(C(=O)N[C@@](C)(CNC(=O)OC(C)(C)C)C(C)C)n(C)n1. The Bertz CT molecular complexity index is 601. The second kappa shape index (κ2) is 7.23. The molecule has 136 valence electrons. The number of alkyl carbamates (subject to hydrolysis) is 1. The molecule has 0 aromatic carbocycles. The van der Waals surface area contributed by atoms with Crippen LogP contribution in [0.1, 0.15) is 57.7 Å². The zero-order valence-corrected chi connectivity index (χ0v) is 16.0. The smallest absolute Gasteiger partial charge is 0.407 e. The van der Waals surface area contributed by atoms with Crippen LogP contribution in [0.4, 0.5) is 4.79 Å². The fourth-order valence-electron chi connectivity index (χ4n) is 2.11. The molecule has 1 heterocycles. The highest BCUT2D eigenvalue weighted by atomic mass is 16.6. The summed E-state index contributed by atoms with van der Waals surface area (Å²) >= 11 is 0. The van der Waals surface area contributed by atoms with Gasteiger partial charge in [0.15, 0.2) is 0 Å². The number of hydrogen-bond donors (Lipinski definition) is 2. The number of rotatable bonds is 5. The van der Waals surface area contributed by atoms with Gasteiger partial charge < -0.3 is 15.4 Å². The van der Waals surface area contributed by atoms with E-state index >= 15 is 0 Å². The molecule has 1 rings (SSSR count). The summed E-state index contributed by atoms with van der Waals surface area (Å²) in [6, 6.07) is 1.73. The van der Waals surface area contributed by atoms with Crippen LogP contribution in [-0.4, -0.2) is 39.5 Å². The van der Waals surface area contributed by atoms with Gasteiger partial charge in [-0.25, -0.2) is 4.79 Å². The molecule has 0 bridgehead atoms. The number of carbonyl (C=O) groups excluding carboxylic acids is 2. The first-order chi connectivity index (χ1) is 10.8. The lowest BCUT2D eigenvalue weighted by molar-refractivity contribution is 0.0496. The lowest BCUT2D eigenvalue weighted by Crippen LogP contribution is -2.57. The second-order valence-electron chi connectivity index (χ2n) is 7.68. The Morgan fingerprint density at radius 2 is 1.88 bits per heavy atom. The fraction of sp³-hybridized carbons (Fsp3) is 0.706. The quantitative estimate of drug-likeness (QED) is 0.863. The molecular weight excluding hydrogens is 308 g/mol. The molecule has 0 aliphatic rings. The Morgan fingerprint density at radius 3 is 2.29 bits per heavy atom. The molecule has 0 aliphatic heterocycles. The molecule has 2 N–H and O–H groups in total. The zero-order chi connectivity index (χ0) is 18.7. The van der Waals surface area contributed by atoms with Crippen molar-refractivity contribution in [2.45, 2.75) is 59.6 Å². The van der Waals surface area contributed by atoms with Crippen LogP contribution >= 0.6 is 0 Å². The number of hydrogen-bond acceptors (Lipinski definition) is 4. The Hall–Kier alpha value is -2.05. The second-order valence-corrected chi connectivity index (χ2v) is 7.68. The summed E-state index contributed by atoms with van der Waals surface area (Å²) in [5.41, 5.74) is 0.0809. The van der Waals surface area contributed by atoms with Gasteiger partial charge in [-0.2, -0.15) is 5.10 Å². The van der Waals surface area contributed by atoms with Gasteiger partial charge in [-0.05, 0) is 46.6 Å². The first-order valence-electron chi connectivity index (χ1n) is 8.14. The highest BCUT2D eigenvalue weighted by Gasteiger charge is 2.32. The van der Waals surface area contributed by atoms with Crippen molar-refractivity contribution in [3.63, 3.8) is 0 Å². The predicted octanol–water partition coefficient (Wildman–Crippen LogP) is 2.40. The van der Waals surface area contributed by atoms with Crippen molar-refractivity contribution in [2.75, 3.05) is 6.54 Å². The average molecular weight is 338 g/mol. The topological polar surface area (TPSA) is 85.3 Å². The zero-order valence-electron chi connectivity index (χ0n) is 16.0. The summed E-state index contributed by atoms with van der Waals surface area (Å²) in [5, 5.41) is 9.94. The number of aryl methyl sites for hydroxylation is 2. The molecule has 24 heavy (non-hydrogen) atoms. The van der Waals surface area contributed by atoms with Crippen molar-refractivity contribution in [1.82, 2.24) is 20.4 Å². The van der Waals surface area contributed by atoms with E-state index in [1.54, 1.807) is 38.6 Å². The normalized spacial score (nSPS) is 14.2. The highest BCUT2D eigenvalue weighted by molar-refractivity contribution is 5.93.